The Morgan fingerprint density at radius 2 is 2.04 bits per heavy atom. The largest absolute Gasteiger partial charge is 0.408 e. The fraction of sp³-hybridized carbons (Fsp3) is 0.118. The average Bonchev–Trinajstić information content (AvgIpc) is 2.61. The van der Waals surface area contributed by atoms with Gasteiger partial charge in [0.25, 0.3) is 11.5 Å². The third kappa shape index (κ3) is 3.75. The molecule has 0 saturated heterocycles. The topological polar surface area (TPSA) is 68.5 Å². The smallest absolute Gasteiger partial charge is 0.295 e. The summed E-state index contributed by atoms with van der Waals surface area (Å²) in [6, 6.07) is 12.2. The van der Waals surface area contributed by atoms with E-state index in [1.54, 1.807) is 49.5 Å². The van der Waals surface area contributed by atoms with E-state index in [1.807, 2.05) is 6.07 Å². The van der Waals surface area contributed by atoms with Crippen LogP contribution in [-0.2, 0) is 0 Å². The minimum absolute atomic E-state index is 0.182. The van der Waals surface area contributed by atoms with E-state index in [4.69, 9.17) is 28.0 Å². The maximum atomic E-state index is 12.5. The van der Waals surface area contributed by atoms with Gasteiger partial charge in [0.15, 0.2) is 0 Å². The zero-order valence-corrected chi connectivity index (χ0v) is 14.8. The van der Waals surface area contributed by atoms with Crippen LogP contribution < -0.4 is 15.8 Å². The lowest BCUT2D eigenvalue weighted by atomic mass is 10.2. The van der Waals surface area contributed by atoms with Crippen LogP contribution in [0.2, 0.25) is 10.0 Å². The van der Waals surface area contributed by atoms with Crippen molar-refractivity contribution < 1.29 is 4.84 Å². The summed E-state index contributed by atoms with van der Waals surface area (Å²) in [5.41, 5.74) is 3.72. The van der Waals surface area contributed by atoms with E-state index in [2.05, 4.69) is 15.5 Å². The Kier molecular flexibility index (Phi) is 5.21. The molecular formula is C17H14Cl2N4O2. The number of aromatic nitrogens is 2. The predicted molar refractivity (Wildman–Crippen MR) is 101 cm³/mol. The van der Waals surface area contributed by atoms with Crippen LogP contribution in [-0.4, -0.2) is 22.5 Å². The average molecular weight is 377 g/mol. The molecule has 1 aromatic heterocycles. The molecule has 0 aliphatic carbocycles. The van der Waals surface area contributed by atoms with Crippen molar-refractivity contribution in [2.45, 2.75) is 6.92 Å². The number of para-hydroxylation sites is 1. The Hall–Kier alpha value is -2.57. The summed E-state index contributed by atoms with van der Waals surface area (Å²) in [5, 5.41) is 5.46. The molecule has 0 amide bonds. The van der Waals surface area contributed by atoms with Gasteiger partial charge in [-0.15, -0.1) is 4.73 Å². The van der Waals surface area contributed by atoms with Crippen LogP contribution in [0, 0.1) is 0 Å². The van der Waals surface area contributed by atoms with Crippen molar-refractivity contribution in [2.75, 3.05) is 12.0 Å². The molecule has 0 unspecified atom stereocenters. The molecule has 2 aromatic carbocycles. The molecule has 0 aliphatic heterocycles. The SMILES string of the molecule is CCOn1c(N/N=C\c2ccc(Cl)c(Cl)c2)nc2ccccc2c1=O. The number of hydrogen-bond donors (Lipinski definition) is 1. The van der Waals surface area contributed by atoms with Crippen molar-refractivity contribution in [3.8, 4) is 0 Å². The second-order valence-corrected chi connectivity index (χ2v) is 5.83. The van der Waals surface area contributed by atoms with Crippen molar-refractivity contribution in [1.82, 2.24) is 9.71 Å². The molecule has 1 N–H and O–H groups in total. The number of nitrogens with one attached hydrogen (secondary N) is 1. The van der Waals surface area contributed by atoms with Crippen LogP contribution in [0.25, 0.3) is 10.9 Å². The summed E-state index contributed by atoms with van der Waals surface area (Å²) in [7, 11) is 0. The summed E-state index contributed by atoms with van der Waals surface area (Å²) in [6.07, 6.45) is 1.54. The summed E-state index contributed by atoms with van der Waals surface area (Å²) >= 11 is 11.9. The predicted octanol–water partition coefficient (Wildman–Crippen LogP) is 3.60. The Morgan fingerprint density at radius 1 is 1.24 bits per heavy atom. The van der Waals surface area contributed by atoms with Crippen LogP contribution in [0.5, 0.6) is 0 Å². The number of benzene rings is 2. The third-order valence-corrected chi connectivity index (χ3v) is 4.06. The molecule has 128 valence electrons. The highest BCUT2D eigenvalue weighted by Crippen LogP contribution is 2.21. The van der Waals surface area contributed by atoms with Gasteiger partial charge in [-0.2, -0.15) is 5.10 Å². The molecule has 1 heterocycles. The Labute approximate surface area is 153 Å². The number of nitrogens with zero attached hydrogens (tertiary/aromatic N) is 3. The lowest BCUT2D eigenvalue weighted by molar-refractivity contribution is 0.117. The summed E-state index contributed by atoms with van der Waals surface area (Å²) in [4.78, 5) is 22.3. The van der Waals surface area contributed by atoms with Crippen molar-refractivity contribution in [3.63, 3.8) is 0 Å². The minimum atomic E-state index is -0.306. The summed E-state index contributed by atoms with van der Waals surface area (Å²) in [5.74, 6) is 0.182. The number of rotatable bonds is 5. The van der Waals surface area contributed by atoms with Gasteiger partial charge in [-0.25, -0.2) is 10.4 Å². The number of anilines is 1. The van der Waals surface area contributed by atoms with E-state index >= 15 is 0 Å². The van der Waals surface area contributed by atoms with E-state index < -0.39 is 0 Å². The van der Waals surface area contributed by atoms with Gasteiger partial charge in [0.05, 0.1) is 27.2 Å². The second-order valence-electron chi connectivity index (χ2n) is 5.01. The molecule has 0 saturated carbocycles. The Balaban J connectivity index is 1.94. The standard InChI is InChI=1S/C17H14Cl2N4O2/c1-2-25-23-16(24)12-5-3-4-6-15(12)21-17(23)22-20-10-11-7-8-13(18)14(19)9-11/h3-10H,2H2,1H3,(H,21,22)/b20-10-. The zero-order chi connectivity index (χ0) is 17.8. The molecule has 3 rings (SSSR count). The maximum Gasteiger partial charge on any atom is 0.295 e. The molecule has 25 heavy (non-hydrogen) atoms. The molecule has 0 fully saturated rings. The van der Waals surface area contributed by atoms with Crippen LogP contribution in [0.3, 0.4) is 0 Å². The van der Waals surface area contributed by atoms with Crippen molar-refractivity contribution in [2.24, 2.45) is 5.10 Å². The van der Waals surface area contributed by atoms with Gasteiger partial charge < -0.3 is 4.84 Å². The molecule has 0 bridgehead atoms. The van der Waals surface area contributed by atoms with Crippen LogP contribution in [0.4, 0.5) is 5.95 Å². The van der Waals surface area contributed by atoms with E-state index in [0.717, 1.165) is 10.3 Å². The number of hydrogen-bond acceptors (Lipinski definition) is 5. The fourth-order valence-electron chi connectivity index (χ4n) is 2.19. The van der Waals surface area contributed by atoms with Gasteiger partial charge in [-0.1, -0.05) is 41.4 Å². The van der Waals surface area contributed by atoms with E-state index in [-0.39, 0.29) is 11.5 Å². The second kappa shape index (κ2) is 7.55. The van der Waals surface area contributed by atoms with Gasteiger partial charge in [-0.05, 0) is 36.8 Å². The molecular weight excluding hydrogens is 363 g/mol. The van der Waals surface area contributed by atoms with Gasteiger partial charge in [-0.3, -0.25) is 4.79 Å². The van der Waals surface area contributed by atoms with E-state index in [1.165, 1.54) is 0 Å². The molecule has 8 heteroatoms. The third-order valence-electron chi connectivity index (χ3n) is 3.32. The Morgan fingerprint density at radius 3 is 2.80 bits per heavy atom. The lowest BCUT2D eigenvalue weighted by Gasteiger charge is -2.11. The molecule has 0 aliphatic rings. The number of hydrazone groups is 1. The molecule has 0 radical (unpaired) electrons. The van der Waals surface area contributed by atoms with Gasteiger partial charge in [0, 0.05) is 0 Å². The van der Waals surface area contributed by atoms with Crippen LogP contribution in [0.15, 0.2) is 52.4 Å². The zero-order valence-electron chi connectivity index (χ0n) is 13.2. The first-order valence-corrected chi connectivity index (χ1v) is 8.25. The maximum absolute atomic E-state index is 12.5. The molecule has 0 spiro atoms. The summed E-state index contributed by atoms with van der Waals surface area (Å²) in [6.45, 7) is 2.09. The van der Waals surface area contributed by atoms with Gasteiger partial charge in [0.2, 0.25) is 0 Å². The first kappa shape index (κ1) is 17.3. The number of fused-ring (bicyclic) bond motifs is 1. The van der Waals surface area contributed by atoms with Crippen molar-refractivity contribution in [3.05, 3.63) is 68.4 Å². The normalized spacial score (nSPS) is 11.2. The highest BCUT2D eigenvalue weighted by Gasteiger charge is 2.11. The minimum Gasteiger partial charge on any atom is -0.408 e. The lowest BCUT2D eigenvalue weighted by Crippen LogP contribution is -2.30. The van der Waals surface area contributed by atoms with E-state index in [9.17, 15) is 4.79 Å². The van der Waals surface area contributed by atoms with Crippen LogP contribution in [0.1, 0.15) is 12.5 Å². The molecule has 0 atom stereocenters. The fourth-order valence-corrected chi connectivity index (χ4v) is 2.50. The van der Waals surface area contributed by atoms with E-state index in [0.29, 0.717) is 27.6 Å². The quantitative estimate of drug-likeness (QED) is 0.545. The summed E-state index contributed by atoms with van der Waals surface area (Å²) < 4.78 is 1.09. The molecule has 3 aromatic rings. The van der Waals surface area contributed by atoms with Gasteiger partial charge >= 0.3 is 0 Å². The molecule has 6 nitrogen and oxygen atoms in total. The number of halogens is 2. The first-order chi connectivity index (χ1) is 12.1. The van der Waals surface area contributed by atoms with Crippen molar-refractivity contribution >= 4 is 46.3 Å². The highest BCUT2D eigenvalue weighted by atomic mass is 35.5. The van der Waals surface area contributed by atoms with Gasteiger partial charge in [0.1, 0.15) is 6.61 Å². The van der Waals surface area contributed by atoms with Crippen molar-refractivity contribution in [1.29, 1.82) is 0 Å². The van der Waals surface area contributed by atoms with Crippen LogP contribution >= 0.6 is 23.2 Å². The monoisotopic (exact) mass is 376 g/mol. The Bertz CT molecular complexity index is 1000. The highest BCUT2D eigenvalue weighted by molar-refractivity contribution is 6.42. The first-order valence-electron chi connectivity index (χ1n) is 7.49.